The Morgan fingerprint density at radius 3 is 2.96 bits per heavy atom. The Hall–Kier alpha value is -2.70. The molecule has 1 amide bonds. The number of aryl methyl sites for hydroxylation is 2. The minimum Gasteiger partial charge on any atom is -0.361 e. The van der Waals surface area contributed by atoms with E-state index >= 15 is 0 Å². The fourth-order valence-electron chi connectivity index (χ4n) is 3.30. The normalized spacial score (nSPS) is 18.0. The lowest BCUT2D eigenvalue weighted by Crippen LogP contribution is -2.32. The molecule has 1 aliphatic heterocycles. The molecule has 1 atom stereocenters. The van der Waals surface area contributed by atoms with Crippen LogP contribution in [0.4, 0.5) is 0 Å². The van der Waals surface area contributed by atoms with E-state index in [1.54, 1.807) is 13.8 Å². The van der Waals surface area contributed by atoms with Gasteiger partial charge in [0.05, 0.1) is 11.7 Å². The summed E-state index contributed by atoms with van der Waals surface area (Å²) >= 11 is 0. The molecular formula is C16H17N5O2. The van der Waals surface area contributed by atoms with Crippen molar-refractivity contribution in [1.82, 2.24) is 24.7 Å². The van der Waals surface area contributed by atoms with Crippen LogP contribution in [0.15, 0.2) is 28.9 Å². The number of fused-ring (bicyclic) bond motifs is 1. The summed E-state index contributed by atoms with van der Waals surface area (Å²) in [5.41, 5.74) is 1.98. The van der Waals surface area contributed by atoms with Crippen LogP contribution in [0.2, 0.25) is 0 Å². The summed E-state index contributed by atoms with van der Waals surface area (Å²) in [6, 6.07) is 5.70. The first kappa shape index (κ1) is 13.9. The largest absolute Gasteiger partial charge is 0.361 e. The number of hydrogen-bond acceptors (Lipinski definition) is 5. The van der Waals surface area contributed by atoms with Gasteiger partial charge in [-0.3, -0.25) is 9.20 Å². The van der Waals surface area contributed by atoms with Gasteiger partial charge in [0.15, 0.2) is 11.5 Å². The summed E-state index contributed by atoms with van der Waals surface area (Å²) in [6.07, 6.45) is 3.76. The van der Waals surface area contributed by atoms with E-state index in [-0.39, 0.29) is 11.9 Å². The van der Waals surface area contributed by atoms with Crippen molar-refractivity contribution in [2.75, 3.05) is 6.54 Å². The zero-order valence-corrected chi connectivity index (χ0v) is 13.1. The summed E-state index contributed by atoms with van der Waals surface area (Å²) < 4.78 is 7.09. The lowest BCUT2D eigenvalue weighted by Gasteiger charge is -2.23. The van der Waals surface area contributed by atoms with Crippen molar-refractivity contribution in [3.05, 3.63) is 47.2 Å². The van der Waals surface area contributed by atoms with E-state index in [1.165, 1.54) is 0 Å². The lowest BCUT2D eigenvalue weighted by molar-refractivity contribution is 0.0727. The molecular weight excluding hydrogens is 294 g/mol. The molecule has 0 unspecified atom stereocenters. The first-order chi connectivity index (χ1) is 11.2. The zero-order valence-electron chi connectivity index (χ0n) is 13.1. The number of hydrogen-bond donors (Lipinski definition) is 0. The van der Waals surface area contributed by atoms with Crippen LogP contribution >= 0.6 is 0 Å². The minimum atomic E-state index is -0.0754. The summed E-state index contributed by atoms with van der Waals surface area (Å²) in [6.45, 7) is 4.27. The third-order valence-corrected chi connectivity index (χ3v) is 4.40. The maximum absolute atomic E-state index is 13.0. The fraction of sp³-hybridized carbons (Fsp3) is 0.375. The molecule has 1 fully saturated rings. The monoisotopic (exact) mass is 311 g/mol. The topological polar surface area (TPSA) is 76.5 Å². The van der Waals surface area contributed by atoms with Crippen molar-refractivity contribution >= 4 is 11.6 Å². The average molecular weight is 311 g/mol. The molecule has 0 saturated carbocycles. The molecule has 0 aliphatic carbocycles. The Bertz CT molecular complexity index is 862. The van der Waals surface area contributed by atoms with Gasteiger partial charge in [-0.05, 0) is 38.8 Å². The molecule has 4 rings (SSSR count). The number of amides is 1. The van der Waals surface area contributed by atoms with Crippen LogP contribution in [0.25, 0.3) is 5.65 Å². The predicted molar refractivity (Wildman–Crippen MR) is 82.0 cm³/mol. The predicted octanol–water partition coefficient (Wildman–Crippen LogP) is 2.31. The summed E-state index contributed by atoms with van der Waals surface area (Å²) in [7, 11) is 0. The standard InChI is InChI=1S/C16H17N5O2/c1-10-14(11(2)23-19-10)16(22)20-9-5-6-12(20)15-18-17-13-7-3-4-8-21(13)15/h3-4,7-8,12H,5-6,9H2,1-2H3/t12-/m1/s1. The Kier molecular flexibility index (Phi) is 3.14. The maximum Gasteiger partial charge on any atom is 0.259 e. The van der Waals surface area contributed by atoms with Crippen LogP contribution in [-0.2, 0) is 0 Å². The van der Waals surface area contributed by atoms with Crippen molar-refractivity contribution in [3.8, 4) is 0 Å². The number of carbonyl (C=O) groups excluding carboxylic acids is 1. The van der Waals surface area contributed by atoms with Gasteiger partial charge in [0.2, 0.25) is 0 Å². The Balaban J connectivity index is 1.73. The molecule has 0 N–H and O–H groups in total. The zero-order chi connectivity index (χ0) is 16.0. The number of pyridine rings is 1. The highest BCUT2D eigenvalue weighted by Crippen LogP contribution is 2.33. The molecule has 0 spiro atoms. The van der Waals surface area contributed by atoms with Gasteiger partial charge in [-0.1, -0.05) is 11.2 Å². The maximum atomic E-state index is 13.0. The Labute approximate surface area is 132 Å². The van der Waals surface area contributed by atoms with Gasteiger partial charge in [-0.2, -0.15) is 0 Å². The summed E-state index contributed by atoms with van der Waals surface area (Å²) in [5.74, 6) is 1.32. The SMILES string of the molecule is Cc1noc(C)c1C(=O)N1CCC[C@@H]1c1nnc2ccccn12. The number of nitrogens with zero attached hydrogens (tertiary/aromatic N) is 5. The van der Waals surface area contributed by atoms with Gasteiger partial charge in [-0.25, -0.2) is 0 Å². The van der Waals surface area contributed by atoms with Crippen molar-refractivity contribution in [2.45, 2.75) is 32.7 Å². The first-order valence-electron chi connectivity index (χ1n) is 7.70. The molecule has 7 nitrogen and oxygen atoms in total. The molecule has 23 heavy (non-hydrogen) atoms. The van der Waals surface area contributed by atoms with Crippen molar-refractivity contribution in [2.24, 2.45) is 0 Å². The molecule has 3 aromatic rings. The average Bonchev–Trinajstić information content (AvgIpc) is 3.25. The second-order valence-electron chi connectivity index (χ2n) is 5.84. The van der Waals surface area contributed by atoms with Crippen LogP contribution in [0.5, 0.6) is 0 Å². The molecule has 1 aliphatic rings. The van der Waals surface area contributed by atoms with E-state index < -0.39 is 0 Å². The number of likely N-dealkylation sites (tertiary alicyclic amines) is 1. The van der Waals surface area contributed by atoms with Crippen molar-refractivity contribution in [1.29, 1.82) is 0 Å². The van der Waals surface area contributed by atoms with Crippen LogP contribution in [0, 0.1) is 13.8 Å². The second-order valence-corrected chi connectivity index (χ2v) is 5.84. The van der Waals surface area contributed by atoms with Gasteiger partial charge >= 0.3 is 0 Å². The molecule has 118 valence electrons. The third-order valence-electron chi connectivity index (χ3n) is 4.40. The Morgan fingerprint density at radius 1 is 1.30 bits per heavy atom. The van der Waals surface area contributed by atoms with Crippen LogP contribution < -0.4 is 0 Å². The third kappa shape index (κ3) is 2.11. The quantitative estimate of drug-likeness (QED) is 0.726. The Morgan fingerprint density at radius 2 is 2.17 bits per heavy atom. The van der Waals surface area contributed by atoms with E-state index in [0.29, 0.717) is 23.6 Å². The smallest absolute Gasteiger partial charge is 0.259 e. The van der Waals surface area contributed by atoms with Gasteiger partial charge < -0.3 is 9.42 Å². The van der Waals surface area contributed by atoms with Gasteiger partial charge in [-0.15, -0.1) is 10.2 Å². The summed E-state index contributed by atoms with van der Waals surface area (Å²) in [4.78, 5) is 14.8. The van der Waals surface area contributed by atoms with Crippen molar-refractivity contribution < 1.29 is 9.32 Å². The number of rotatable bonds is 2. The van der Waals surface area contributed by atoms with Crippen LogP contribution in [0.3, 0.4) is 0 Å². The van der Waals surface area contributed by atoms with Gasteiger partial charge in [0.25, 0.3) is 5.91 Å². The fourth-order valence-corrected chi connectivity index (χ4v) is 3.30. The first-order valence-corrected chi connectivity index (χ1v) is 7.70. The van der Waals surface area contributed by atoms with E-state index in [1.807, 2.05) is 33.7 Å². The molecule has 1 saturated heterocycles. The molecule has 0 aromatic carbocycles. The molecule has 0 bridgehead atoms. The highest BCUT2D eigenvalue weighted by molar-refractivity contribution is 5.96. The molecule has 3 aromatic heterocycles. The highest BCUT2D eigenvalue weighted by atomic mass is 16.5. The lowest BCUT2D eigenvalue weighted by atomic mass is 10.1. The van der Waals surface area contributed by atoms with Crippen LogP contribution in [0.1, 0.15) is 46.5 Å². The minimum absolute atomic E-state index is 0.0450. The van der Waals surface area contributed by atoms with Crippen LogP contribution in [-0.4, -0.2) is 37.1 Å². The number of aromatic nitrogens is 4. The van der Waals surface area contributed by atoms with E-state index in [9.17, 15) is 4.79 Å². The molecule has 0 radical (unpaired) electrons. The van der Waals surface area contributed by atoms with E-state index in [4.69, 9.17) is 4.52 Å². The number of carbonyl (C=O) groups is 1. The van der Waals surface area contributed by atoms with Gasteiger partial charge in [0.1, 0.15) is 11.3 Å². The van der Waals surface area contributed by atoms with E-state index in [2.05, 4.69) is 15.4 Å². The summed E-state index contributed by atoms with van der Waals surface area (Å²) in [5, 5.41) is 12.4. The van der Waals surface area contributed by atoms with E-state index in [0.717, 1.165) is 24.3 Å². The van der Waals surface area contributed by atoms with Gasteiger partial charge in [0, 0.05) is 12.7 Å². The highest BCUT2D eigenvalue weighted by Gasteiger charge is 2.35. The second kappa shape index (κ2) is 5.19. The molecule has 7 heteroatoms. The van der Waals surface area contributed by atoms with Crippen molar-refractivity contribution in [3.63, 3.8) is 0 Å². The molecule has 4 heterocycles.